The molecule has 8 nitrogen and oxygen atoms in total. The lowest BCUT2D eigenvalue weighted by molar-refractivity contribution is -0.134. The minimum atomic E-state index is 0.0434. The minimum absolute atomic E-state index is 0.0434. The SMILES string of the molecule is N#C/N=C(\Oc1ccccc1)N1CCC(CC(=O)N2CCN(C3c4ccc(Cl)cc4CCc4cc(Br)cnc43)CC2)CC1. The van der Waals surface area contributed by atoms with Crippen LogP contribution in [0.15, 0.2) is 70.3 Å². The highest BCUT2D eigenvalue weighted by Crippen LogP contribution is 2.38. The first-order chi connectivity index (χ1) is 21.0. The van der Waals surface area contributed by atoms with E-state index in [4.69, 9.17) is 21.3 Å². The maximum absolute atomic E-state index is 13.4. The van der Waals surface area contributed by atoms with Crippen molar-refractivity contribution in [1.29, 1.82) is 5.26 Å². The zero-order valence-electron chi connectivity index (χ0n) is 24.0. The predicted molar refractivity (Wildman–Crippen MR) is 170 cm³/mol. The van der Waals surface area contributed by atoms with Crippen molar-refractivity contribution in [3.63, 3.8) is 0 Å². The number of fused-ring (bicyclic) bond motifs is 2. The number of rotatable bonds is 4. The third kappa shape index (κ3) is 6.87. The van der Waals surface area contributed by atoms with E-state index in [1.165, 1.54) is 16.7 Å². The van der Waals surface area contributed by atoms with Crippen LogP contribution < -0.4 is 4.74 Å². The highest BCUT2D eigenvalue weighted by Gasteiger charge is 2.34. The molecule has 1 amide bonds. The Morgan fingerprint density at radius 3 is 2.49 bits per heavy atom. The number of aliphatic imine (C=N–C) groups is 1. The van der Waals surface area contributed by atoms with Gasteiger partial charge in [-0.15, -0.1) is 4.99 Å². The Hall–Kier alpha value is -3.45. The average Bonchev–Trinajstić information content (AvgIpc) is 3.18. The molecule has 0 radical (unpaired) electrons. The van der Waals surface area contributed by atoms with Crippen molar-refractivity contribution in [2.45, 2.75) is 38.1 Å². The van der Waals surface area contributed by atoms with E-state index in [9.17, 15) is 10.1 Å². The van der Waals surface area contributed by atoms with Gasteiger partial charge >= 0.3 is 6.02 Å². The number of pyridine rings is 1. The molecule has 43 heavy (non-hydrogen) atoms. The van der Waals surface area contributed by atoms with Gasteiger partial charge in [0.15, 0.2) is 0 Å². The summed E-state index contributed by atoms with van der Waals surface area (Å²) in [7, 11) is 0. The molecule has 1 aromatic heterocycles. The number of piperidine rings is 1. The molecule has 2 aromatic carbocycles. The van der Waals surface area contributed by atoms with Crippen molar-refractivity contribution in [2.24, 2.45) is 10.9 Å². The molecule has 0 bridgehead atoms. The summed E-state index contributed by atoms with van der Waals surface area (Å²) >= 11 is 10.0. The van der Waals surface area contributed by atoms with Gasteiger partial charge < -0.3 is 14.5 Å². The van der Waals surface area contributed by atoms with Gasteiger partial charge in [0, 0.05) is 61.4 Å². The van der Waals surface area contributed by atoms with E-state index in [1.807, 2.05) is 58.6 Å². The van der Waals surface area contributed by atoms with Crippen molar-refractivity contribution in [2.75, 3.05) is 39.3 Å². The molecule has 2 fully saturated rings. The fourth-order valence-corrected chi connectivity index (χ4v) is 7.08. The summed E-state index contributed by atoms with van der Waals surface area (Å²) in [6.07, 6.45) is 7.85. The molecule has 0 spiro atoms. The number of piperazine rings is 1. The van der Waals surface area contributed by atoms with Crippen LogP contribution >= 0.6 is 27.5 Å². The Morgan fingerprint density at radius 2 is 1.74 bits per heavy atom. The van der Waals surface area contributed by atoms with E-state index in [0.717, 1.165) is 54.0 Å². The van der Waals surface area contributed by atoms with Gasteiger partial charge in [0.05, 0.1) is 11.7 Å². The number of aromatic nitrogens is 1. The van der Waals surface area contributed by atoms with Crippen LogP contribution in [0.3, 0.4) is 0 Å². The largest absolute Gasteiger partial charge is 0.425 e. The molecule has 0 N–H and O–H groups in total. The summed E-state index contributed by atoms with van der Waals surface area (Å²) in [6.45, 7) is 4.39. The second-order valence-electron chi connectivity index (χ2n) is 11.4. The Balaban J connectivity index is 1.06. The molecular weight excluding hydrogens is 628 g/mol. The quantitative estimate of drug-likeness (QED) is 0.198. The third-order valence-corrected chi connectivity index (χ3v) is 9.44. The lowest BCUT2D eigenvalue weighted by Crippen LogP contribution is -2.50. The van der Waals surface area contributed by atoms with Crippen molar-refractivity contribution in [3.05, 3.63) is 92.7 Å². The number of likely N-dealkylation sites (tertiary alicyclic amines) is 1. The summed E-state index contributed by atoms with van der Waals surface area (Å²) in [4.78, 5) is 28.7. The smallest absolute Gasteiger partial charge is 0.308 e. The number of halogens is 2. The molecule has 222 valence electrons. The number of amidine groups is 1. The van der Waals surface area contributed by atoms with Crippen molar-refractivity contribution in [3.8, 4) is 11.9 Å². The van der Waals surface area contributed by atoms with E-state index in [1.54, 1.807) is 0 Å². The van der Waals surface area contributed by atoms with Crippen molar-refractivity contribution >= 4 is 39.5 Å². The lowest BCUT2D eigenvalue weighted by Gasteiger charge is -2.40. The van der Waals surface area contributed by atoms with Gasteiger partial charge in [-0.05, 0) is 94.6 Å². The van der Waals surface area contributed by atoms with E-state index < -0.39 is 0 Å². The molecular formula is C33H34BrClN6O2. The van der Waals surface area contributed by atoms with Crippen molar-refractivity contribution < 1.29 is 9.53 Å². The van der Waals surface area contributed by atoms with Gasteiger partial charge in [0.2, 0.25) is 12.1 Å². The van der Waals surface area contributed by atoms with E-state index in [-0.39, 0.29) is 11.9 Å². The Labute approximate surface area is 266 Å². The van der Waals surface area contributed by atoms with Crippen LogP contribution in [0.4, 0.5) is 0 Å². The zero-order valence-corrected chi connectivity index (χ0v) is 26.3. The molecule has 1 atom stereocenters. The number of hydrogen-bond acceptors (Lipinski definition) is 6. The molecule has 2 aliphatic heterocycles. The highest BCUT2D eigenvalue weighted by atomic mass is 79.9. The van der Waals surface area contributed by atoms with Gasteiger partial charge in [0.25, 0.3) is 0 Å². The Morgan fingerprint density at radius 1 is 1.00 bits per heavy atom. The zero-order chi connectivity index (χ0) is 29.8. The van der Waals surface area contributed by atoms with Gasteiger partial charge in [0.1, 0.15) is 5.75 Å². The summed E-state index contributed by atoms with van der Waals surface area (Å²) in [5.41, 5.74) is 4.90. The van der Waals surface area contributed by atoms with E-state index >= 15 is 0 Å². The molecule has 3 heterocycles. The second-order valence-corrected chi connectivity index (χ2v) is 12.8. The van der Waals surface area contributed by atoms with Crippen LogP contribution in [0, 0.1) is 17.4 Å². The monoisotopic (exact) mass is 660 g/mol. The first kappa shape index (κ1) is 29.6. The number of carbonyl (C=O) groups is 1. The van der Waals surface area contributed by atoms with Crippen LogP contribution in [0.25, 0.3) is 0 Å². The van der Waals surface area contributed by atoms with E-state index in [2.05, 4.69) is 44.0 Å². The number of benzene rings is 2. The van der Waals surface area contributed by atoms with Crippen LogP contribution in [-0.2, 0) is 17.6 Å². The fraction of sp³-hybridized carbons (Fsp3) is 0.394. The molecule has 10 heteroatoms. The normalized spacial score (nSPS) is 19.7. The van der Waals surface area contributed by atoms with E-state index in [0.29, 0.717) is 50.3 Å². The fourth-order valence-electron chi connectivity index (χ4n) is 6.51. The number of amides is 1. The number of nitriles is 1. The molecule has 0 saturated carbocycles. The standard InChI is InChI=1S/C33H34BrClN6O2/c34-26-19-25-7-6-24-20-27(35)8-9-29(24)32(31(25)37-21-26)40-16-14-39(15-17-40)30(42)18-23-10-12-41(13-11-23)33(38-22-36)43-28-4-2-1-3-5-28/h1-5,8-9,19-21,23,32H,6-7,10-18H2/b38-33-. The Bertz CT molecular complexity index is 1470. The highest BCUT2D eigenvalue weighted by molar-refractivity contribution is 9.10. The molecule has 1 aliphatic carbocycles. The van der Waals surface area contributed by atoms with Crippen LogP contribution in [0.2, 0.25) is 5.02 Å². The number of hydrogen-bond donors (Lipinski definition) is 0. The molecule has 1 unspecified atom stereocenters. The summed E-state index contributed by atoms with van der Waals surface area (Å²) in [5, 5.41) is 9.95. The number of para-hydroxylation sites is 1. The Kier molecular flexibility index (Phi) is 9.27. The molecule has 3 aromatic rings. The first-order valence-electron chi connectivity index (χ1n) is 14.9. The maximum Gasteiger partial charge on any atom is 0.308 e. The summed E-state index contributed by atoms with van der Waals surface area (Å²) in [5.74, 6) is 1.17. The van der Waals surface area contributed by atoms with Crippen molar-refractivity contribution in [1.82, 2.24) is 19.7 Å². The number of carbonyl (C=O) groups excluding carboxylic acids is 1. The summed E-state index contributed by atoms with van der Waals surface area (Å²) in [6, 6.07) is 18.2. The predicted octanol–water partition coefficient (Wildman–Crippen LogP) is 5.85. The van der Waals surface area contributed by atoms with Gasteiger partial charge in [-0.2, -0.15) is 5.26 Å². The van der Waals surface area contributed by atoms with Gasteiger partial charge in [-0.3, -0.25) is 14.7 Å². The topological polar surface area (TPSA) is 85.1 Å². The van der Waals surface area contributed by atoms with Gasteiger partial charge in [-0.25, -0.2) is 0 Å². The summed E-state index contributed by atoms with van der Waals surface area (Å²) < 4.78 is 6.88. The molecule has 6 rings (SSSR count). The number of nitrogens with zero attached hydrogens (tertiary/aromatic N) is 6. The number of aryl methyl sites for hydroxylation is 2. The van der Waals surface area contributed by atoms with Gasteiger partial charge in [-0.1, -0.05) is 35.9 Å². The lowest BCUT2D eigenvalue weighted by atomic mass is 9.93. The van der Waals surface area contributed by atoms with Crippen LogP contribution in [-0.4, -0.2) is 70.9 Å². The molecule has 2 saturated heterocycles. The second kappa shape index (κ2) is 13.5. The maximum atomic E-state index is 13.4. The minimum Gasteiger partial charge on any atom is -0.425 e. The third-order valence-electron chi connectivity index (χ3n) is 8.77. The van der Waals surface area contributed by atoms with Crippen LogP contribution in [0.1, 0.15) is 47.7 Å². The molecule has 3 aliphatic rings. The average molecular weight is 662 g/mol. The van der Waals surface area contributed by atoms with Crippen LogP contribution in [0.5, 0.6) is 5.75 Å². The first-order valence-corrected chi connectivity index (χ1v) is 16.0. The number of ether oxygens (including phenoxy) is 1.